The molecule has 2 atom stereocenters. The summed E-state index contributed by atoms with van der Waals surface area (Å²) in [5, 5.41) is 3.99. The minimum Gasteiger partial charge on any atom is -0.381 e. The van der Waals surface area contributed by atoms with Gasteiger partial charge in [0.25, 0.3) is 0 Å². The standard InChI is InChI=1S/C17H30N2O/c1-2-7-17(8-3-1)13-19(11-14-6-9-20-12-14)16(10-18-17)15-4-5-15/h14-16,18H,1-13H2. The lowest BCUT2D eigenvalue weighted by Crippen LogP contribution is -2.65. The zero-order valence-corrected chi connectivity index (χ0v) is 12.8. The van der Waals surface area contributed by atoms with Gasteiger partial charge >= 0.3 is 0 Å². The molecule has 0 aromatic heterocycles. The molecule has 0 amide bonds. The van der Waals surface area contributed by atoms with Gasteiger partial charge < -0.3 is 10.1 Å². The molecule has 4 aliphatic rings. The lowest BCUT2D eigenvalue weighted by Gasteiger charge is -2.50. The van der Waals surface area contributed by atoms with E-state index >= 15 is 0 Å². The summed E-state index contributed by atoms with van der Waals surface area (Å²) in [7, 11) is 0. The van der Waals surface area contributed by atoms with Crippen molar-refractivity contribution in [2.24, 2.45) is 11.8 Å². The lowest BCUT2D eigenvalue weighted by atomic mass is 9.79. The Hall–Kier alpha value is -0.120. The summed E-state index contributed by atoms with van der Waals surface area (Å²) in [4.78, 5) is 2.87. The van der Waals surface area contributed by atoms with Crippen molar-refractivity contribution in [1.29, 1.82) is 0 Å². The fourth-order valence-electron chi connectivity index (χ4n) is 4.78. The van der Waals surface area contributed by atoms with Gasteiger partial charge in [-0.3, -0.25) is 4.90 Å². The quantitative estimate of drug-likeness (QED) is 0.858. The number of nitrogens with zero attached hydrogens (tertiary/aromatic N) is 1. The Bertz CT molecular complexity index is 330. The van der Waals surface area contributed by atoms with Gasteiger partial charge in [-0.2, -0.15) is 0 Å². The summed E-state index contributed by atoms with van der Waals surface area (Å²) < 4.78 is 5.60. The Morgan fingerprint density at radius 3 is 2.65 bits per heavy atom. The molecule has 2 heterocycles. The van der Waals surface area contributed by atoms with E-state index in [1.165, 1.54) is 71.0 Å². The van der Waals surface area contributed by atoms with Gasteiger partial charge in [0, 0.05) is 37.8 Å². The van der Waals surface area contributed by atoms with Gasteiger partial charge in [-0.05, 0) is 43.9 Å². The Morgan fingerprint density at radius 2 is 1.95 bits per heavy atom. The SMILES string of the molecule is C1CCC2(CC1)CN(CC1CCOC1)C(C1CC1)CN2. The molecule has 3 heteroatoms. The number of rotatable bonds is 3. The lowest BCUT2D eigenvalue weighted by molar-refractivity contribution is 0.0338. The topological polar surface area (TPSA) is 24.5 Å². The third kappa shape index (κ3) is 2.77. The van der Waals surface area contributed by atoms with Crippen LogP contribution in [0.4, 0.5) is 0 Å². The maximum Gasteiger partial charge on any atom is 0.0507 e. The summed E-state index contributed by atoms with van der Waals surface area (Å²) in [5.41, 5.74) is 0.461. The van der Waals surface area contributed by atoms with Crippen molar-refractivity contribution >= 4 is 0 Å². The maximum absolute atomic E-state index is 5.60. The molecule has 114 valence electrons. The van der Waals surface area contributed by atoms with Gasteiger partial charge in [-0.1, -0.05) is 19.3 Å². The van der Waals surface area contributed by atoms with Crippen LogP contribution in [0.2, 0.25) is 0 Å². The van der Waals surface area contributed by atoms with E-state index in [1.54, 1.807) is 0 Å². The third-order valence-electron chi connectivity index (χ3n) is 6.15. The number of ether oxygens (including phenoxy) is 1. The molecule has 4 rings (SSSR count). The molecule has 0 radical (unpaired) electrons. The van der Waals surface area contributed by atoms with Gasteiger partial charge in [0.05, 0.1) is 6.61 Å². The van der Waals surface area contributed by atoms with E-state index in [-0.39, 0.29) is 0 Å². The Kier molecular flexibility index (Phi) is 3.78. The molecule has 0 aromatic rings. The molecule has 2 saturated carbocycles. The Labute approximate surface area is 123 Å². The number of piperazine rings is 1. The molecule has 2 aliphatic heterocycles. The highest BCUT2D eigenvalue weighted by Crippen LogP contribution is 2.40. The van der Waals surface area contributed by atoms with E-state index < -0.39 is 0 Å². The average Bonchev–Trinajstić information content (AvgIpc) is 3.17. The van der Waals surface area contributed by atoms with E-state index in [1.807, 2.05) is 0 Å². The van der Waals surface area contributed by atoms with Crippen LogP contribution < -0.4 is 5.32 Å². The molecule has 20 heavy (non-hydrogen) atoms. The molecule has 3 nitrogen and oxygen atoms in total. The molecule has 0 bridgehead atoms. The number of nitrogens with one attached hydrogen (secondary N) is 1. The zero-order valence-electron chi connectivity index (χ0n) is 12.8. The first-order valence-electron chi connectivity index (χ1n) is 8.92. The number of hydrogen-bond donors (Lipinski definition) is 1. The normalized spacial score (nSPS) is 38.4. The molecular formula is C17H30N2O. The molecule has 1 N–H and O–H groups in total. The molecule has 2 unspecified atom stereocenters. The summed E-state index contributed by atoms with van der Waals surface area (Å²) in [6.07, 6.45) is 11.3. The summed E-state index contributed by atoms with van der Waals surface area (Å²) >= 11 is 0. The van der Waals surface area contributed by atoms with Gasteiger partial charge in [-0.15, -0.1) is 0 Å². The van der Waals surface area contributed by atoms with E-state index in [0.29, 0.717) is 5.54 Å². The molecule has 0 aromatic carbocycles. The van der Waals surface area contributed by atoms with Crippen LogP contribution >= 0.6 is 0 Å². The van der Waals surface area contributed by atoms with E-state index in [4.69, 9.17) is 4.74 Å². The van der Waals surface area contributed by atoms with Crippen molar-refractivity contribution in [3.8, 4) is 0 Å². The summed E-state index contributed by atoms with van der Waals surface area (Å²) in [6, 6.07) is 0.822. The highest BCUT2D eigenvalue weighted by atomic mass is 16.5. The van der Waals surface area contributed by atoms with Gasteiger partial charge in [0.1, 0.15) is 0 Å². The van der Waals surface area contributed by atoms with Crippen LogP contribution in [0.15, 0.2) is 0 Å². The smallest absolute Gasteiger partial charge is 0.0507 e. The van der Waals surface area contributed by atoms with Crippen molar-refractivity contribution in [2.45, 2.75) is 62.9 Å². The van der Waals surface area contributed by atoms with Gasteiger partial charge in [0.15, 0.2) is 0 Å². The molecule has 4 fully saturated rings. The van der Waals surface area contributed by atoms with Crippen molar-refractivity contribution in [3.63, 3.8) is 0 Å². The van der Waals surface area contributed by atoms with E-state index in [9.17, 15) is 0 Å². The van der Waals surface area contributed by atoms with Gasteiger partial charge in [-0.25, -0.2) is 0 Å². The van der Waals surface area contributed by atoms with Gasteiger partial charge in [0.2, 0.25) is 0 Å². The van der Waals surface area contributed by atoms with Crippen molar-refractivity contribution < 1.29 is 4.74 Å². The Morgan fingerprint density at radius 1 is 1.10 bits per heavy atom. The summed E-state index contributed by atoms with van der Waals surface area (Å²) in [5.74, 6) is 1.79. The molecule has 1 spiro atoms. The highest BCUT2D eigenvalue weighted by Gasteiger charge is 2.45. The first kappa shape index (κ1) is 13.5. The van der Waals surface area contributed by atoms with Crippen LogP contribution in [0, 0.1) is 11.8 Å². The predicted octanol–water partition coefficient (Wildman–Crippen LogP) is 2.41. The second kappa shape index (κ2) is 5.58. The molecule has 2 saturated heterocycles. The van der Waals surface area contributed by atoms with Crippen LogP contribution in [0.3, 0.4) is 0 Å². The monoisotopic (exact) mass is 278 g/mol. The Balaban J connectivity index is 1.44. The predicted molar refractivity (Wildman–Crippen MR) is 80.8 cm³/mol. The minimum absolute atomic E-state index is 0.461. The van der Waals surface area contributed by atoms with Crippen LogP contribution in [-0.2, 0) is 4.74 Å². The van der Waals surface area contributed by atoms with Crippen molar-refractivity contribution in [1.82, 2.24) is 10.2 Å². The summed E-state index contributed by atoms with van der Waals surface area (Å²) in [6.45, 7) is 5.86. The van der Waals surface area contributed by atoms with Crippen LogP contribution in [0.1, 0.15) is 51.4 Å². The van der Waals surface area contributed by atoms with E-state index in [0.717, 1.165) is 31.1 Å². The average molecular weight is 278 g/mol. The first-order chi connectivity index (χ1) is 9.85. The second-order valence-corrected chi connectivity index (χ2v) is 7.79. The largest absolute Gasteiger partial charge is 0.381 e. The van der Waals surface area contributed by atoms with Crippen LogP contribution in [-0.4, -0.2) is 49.3 Å². The maximum atomic E-state index is 5.60. The van der Waals surface area contributed by atoms with Crippen LogP contribution in [0.25, 0.3) is 0 Å². The fraction of sp³-hybridized carbons (Fsp3) is 1.00. The third-order valence-corrected chi connectivity index (χ3v) is 6.15. The fourth-order valence-corrected chi connectivity index (χ4v) is 4.78. The molecular weight excluding hydrogens is 248 g/mol. The van der Waals surface area contributed by atoms with Crippen molar-refractivity contribution in [2.75, 3.05) is 32.8 Å². The zero-order chi connectivity index (χ0) is 13.4. The highest BCUT2D eigenvalue weighted by molar-refractivity contribution is 5.03. The second-order valence-electron chi connectivity index (χ2n) is 7.79. The van der Waals surface area contributed by atoms with E-state index in [2.05, 4.69) is 10.2 Å². The minimum atomic E-state index is 0.461. The van der Waals surface area contributed by atoms with Crippen LogP contribution in [0.5, 0.6) is 0 Å². The van der Waals surface area contributed by atoms with Crippen molar-refractivity contribution in [3.05, 3.63) is 0 Å². The number of hydrogen-bond acceptors (Lipinski definition) is 3. The molecule has 2 aliphatic carbocycles. The first-order valence-corrected chi connectivity index (χ1v) is 8.92.